The molecule has 0 unspecified atom stereocenters. The van der Waals surface area contributed by atoms with Crippen LogP contribution in [0.5, 0.6) is 0 Å². The molecule has 3 nitrogen and oxygen atoms in total. The van der Waals surface area contributed by atoms with Gasteiger partial charge in [0.2, 0.25) is 0 Å². The highest BCUT2D eigenvalue weighted by Crippen LogP contribution is 2.25. The van der Waals surface area contributed by atoms with Crippen LogP contribution in [-0.4, -0.2) is 4.98 Å². The van der Waals surface area contributed by atoms with Gasteiger partial charge in [0, 0.05) is 21.5 Å². The van der Waals surface area contributed by atoms with E-state index in [-0.39, 0.29) is 6.04 Å². The third kappa shape index (κ3) is 3.88. The molecule has 2 aromatic carbocycles. The van der Waals surface area contributed by atoms with Crippen LogP contribution in [0.25, 0.3) is 10.6 Å². The van der Waals surface area contributed by atoms with Crippen LogP contribution in [0.2, 0.25) is 5.02 Å². The van der Waals surface area contributed by atoms with Crippen LogP contribution in [0.1, 0.15) is 23.1 Å². The van der Waals surface area contributed by atoms with Crippen LogP contribution in [0.4, 0.5) is 0 Å². The Labute approximate surface area is 161 Å². The van der Waals surface area contributed by atoms with Crippen molar-refractivity contribution in [2.75, 3.05) is 0 Å². The van der Waals surface area contributed by atoms with Crippen LogP contribution >= 0.6 is 22.9 Å². The number of nitrogens with two attached hydrogens (primary N) is 1. The van der Waals surface area contributed by atoms with E-state index >= 15 is 0 Å². The van der Waals surface area contributed by atoms with Crippen molar-refractivity contribution in [2.24, 2.45) is 0 Å². The molecule has 0 aliphatic carbocycles. The fraction of sp³-hybridized carbons (Fsp3) is 0.0952. The topological polar surface area (TPSA) is 42.6 Å². The molecule has 2 N–H and O–H groups in total. The van der Waals surface area contributed by atoms with Crippen molar-refractivity contribution in [2.45, 2.75) is 12.6 Å². The van der Waals surface area contributed by atoms with Gasteiger partial charge in [0.1, 0.15) is 17.2 Å². The molecule has 0 fully saturated rings. The molecular formula is C21H18ClN2OS+. The molecule has 0 aliphatic rings. The van der Waals surface area contributed by atoms with Crippen molar-refractivity contribution in [1.82, 2.24) is 4.98 Å². The summed E-state index contributed by atoms with van der Waals surface area (Å²) in [5, 5.41) is 6.13. The lowest BCUT2D eigenvalue weighted by Crippen LogP contribution is -2.83. The van der Waals surface area contributed by atoms with Gasteiger partial charge in [0.05, 0.1) is 6.26 Å². The van der Waals surface area contributed by atoms with Gasteiger partial charge in [-0.3, -0.25) is 0 Å². The average Bonchev–Trinajstić information content (AvgIpc) is 3.36. The number of benzene rings is 2. The van der Waals surface area contributed by atoms with Gasteiger partial charge in [0.15, 0.2) is 11.8 Å². The Hall–Kier alpha value is -2.40. The zero-order valence-corrected chi connectivity index (χ0v) is 15.6. The van der Waals surface area contributed by atoms with Crippen LogP contribution in [0.15, 0.2) is 82.8 Å². The molecule has 26 heavy (non-hydrogen) atoms. The van der Waals surface area contributed by atoms with Gasteiger partial charge in [-0.1, -0.05) is 54.1 Å². The predicted molar refractivity (Wildman–Crippen MR) is 105 cm³/mol. The minimum Gasteiger partial charge on any atom is -0.463 e. The number of rotatable bonds is 6. The van der Waals surface area contributed by atoms with Crippen LogP contribution in [0, 0.1) is 0 Å². The van der Waals surface area contributed by atoms with Gasteiger partial charge in [-0.25, -0.2) is 4.98 Å². The molecule has 4 aromatic rings. The summed E-state index contributed by atoms with van der Waals surface area (Å²) in [7, 11) is 0. The first kappa shape index (κ1) is 17.0. The highest BCUT2D eigenvalue weighted by atomic mass is 35.5. The first-order valence-electron chi connectivity index (χ1n) is 8.41. The number of quaternary nitrogens is 1. The Morgan fingerprint density at radius 2 is 1.81 bits per heavy atom. The largest absolute Gasteiger partial charge is 0.463 e. The Morgan fingerprint density at radius 3 is 2.54 bits per heavy atom. The van der Waals surface area contributed by atoms with E-state index in [9.17, 15) is 0 Å². The van der Waals surface area contributed by atoms with Gasteiger partial charge in [-0.2, -0.15) is 0 Å². The van der Waals surface area contributed by atoms with E-state index in [0.717, 1.165) is 33.6 Å². The zero-order chi connectivity index (χ0) is 17.8. The maximum atomic E-state index is 5.97. The number of thiazole rings is 1. The number of aromatic nitrogens is 1. The molecule has 5 heteroatoms. The zero-order valence-electron chi connectivity index (χ0n) is 14.0. The Morgan fingerprint density at radius 1 is 1.00 bits per heavy atom. The fourth-order valence-corrected chi connectivity index (χ4v) is 3.87. The molecule has 0 saturated heterocycles. The molecule has 2 aromatic heterocycles. The number of hydrogen-bond donors (Lipinski definition) is 1. The van der Waals surface area contributed by atoms with E-state index in [0.29, 0.717) is 0 Å². The first-order valence-corrected chi connectivity index (χ1v) is 9.67. The van der Waals surface area contributed by atoms with Gasteiger partial charge in [-0.05, 0) is 24.3 Å². The summed E-state index contributed by atoms with van der Waals surface area (Å²) in [4.78, 5) is 4.77. The Bertz CT molecular complexity index is 949. The molecule has 2 heterocycles. The second kappa shape index (κ2) is 7.87. The average molecular weight is 382 g/mol. The smallest absolute Gasteiger partial charge is 0.170 e. The highest BCUT2D eigenvalue weighted by molar-refractivity contribution is 7.13. The highest BCUT2D eigenvalue weighted by Gasteiger charge is 2.20. The van der Waals surface area contributed by atoms with Crippen LogP contribution in [-0.2, 0) is 6.54 Å². The van der Waals surface area contributed by atoms with Crippen molar-refractivity contribution in [1.29, 1.82) is 0 Å². The lowest BCUT2D eigenvalue weighted by Gasteiger charge is -2.13. The maximum absolute atomic E-state index is 5.97. The normalized spacial score (nSPS) is 12.2. The van der Waals surface area contributed by atoms with E-state index in [1.165, 1.54) is 5.56 Å². The number of nitrogens with zero attached hydrogens (tertiary/aromatic N) is 1. The Kier molecular flexibility index (Phi) is 5.16. The molecule has 0 bridgehead atoms. The molecule has 0 amide bonds. The summed E-state index contributed by atoms with van der Waals surface area (Å²) in [5.74, 6) is 0.948. The monoisotopic (exact) mass is 381 g/mol. The van der Waals surface area contributed by atoms with Gasteiger partial charge >= 0.3 is 0 Å². The summed E-state index contributed by atoms with van der Waals surface area (Å²) in [6.07, 6.45) is 1.72. The molecule has 1 atom stereocenters. The summed E-state index contributed by atoms with van der Waals surface area (Å²) in [6, 6.07) is 22.3. The van der Waals surface area contributed by atoms with Crippen LogP contribution < -0.4 is 5.32 Å². The van der Waals surface area contributed by atoms with Crippen molar-refractivity contribution < 1.29 is 9.73 Å². The minimum atomic E-state index is 0.117. The van der Waals surface area contributed by atoms with Crippen molar-refractivity contribution in [3.05, 3.63) is 100 Å². The third-order valence-corrected chi connectivity index (χ3v) is 5.41. The van der Waals surface area contributed by atoms with Gasteiger partial charge in [0.25, 0.3) is 0 Å². The number of hydrogen-bond acceptors (Lipinski definition) is 3. The number of halogens is 1. The van der Waals surface area contributed by atoms with E-state index in [1.54, 1.807) is 17.6 Å². The van der Waals surface area contributed by atoms with E-state index in [4.69, 9.17) is 21.0 Å². The summed E-state index contributed by atoms with van der Waals surface area (Å²) in [6.45, 7) is 0.782. The molecule has 0 radical (unpaired) electrons. The maximum Gasteiger partial charge on any atom is 0.170 e. The second-order valence-electron chi connectivity index (χ2n) is 5.99. The van der Waals surface area contributed by atoms with Gasteiger partial charge < -0.3 is 9.73 Å². The molecule has 0 aliphatic heterocycles. The van der Waals surface area contributed by atoms with E-state index in [1.807, 2.05) is 42.5 Å². The molecule has 4 rings (SSSR count). The number of furan rings is 1. The first-order chi connectivity index (χ1) is 12.8. The standard InChI is InChI=1S/C21H17ClN2OS/c22-17-10-8-16(9-11-17)21-24-18(14-26-21)13-23-20(19-7-4-12-25-19)15-5-2-1-3-6-15/h1-12,14,20,23H,13H2/p+1/t20-/m1/s1. The lowest BCUT2D eigenvalue weighted by atomic mass is 10.0. The third-order valence-electron chi connectivity index (χ3n) is 4.21. The summed E-state index contributed by atoms with van der Waals surface area (Å²) in [5.41, 5.74) is 3.37. The van der Waals surface area contributed by atoms with Crippen LogP contribution in [0.3, 0.4) is 0 Å². The quantitative estimate of drug-likeness (QED) is 0.515. The molecule has 0 spiro atoms. The second-order valence-corrected chi connectivity index (χ2v) is 7.29. The molecular weight excluding hydrogens is 364 g/mol. The molecule has 0 saturated carbocycles. The minimum absolute atomic E-state index is 0.117. The lowest BCUT2D eigenvalue weighted by molar-refractivity contribution is -0.704. The fourth-order valence-electron chi connectivity index (χ4n) is 2.91. The van der Waals surface area contributed by atoms with E-state index in [2.05, 4.69) is 35.0 Å². The summed E-state index contributed by atoms with van der Waals surface area (Å²) >= 11 is 7.62. The van der Waals surface area contributed by atoms with Crippen molar-refractivity contribution in [3.63, 3.8) is 0 Å². The Balaban J connectivity index is 1.51. The van der Waals surface area contributed by atoms with Crippen molar-refractivity contribution in [3.8, 4) is 10.6 Å². The van der Waals surface area contributed by atoms with Crippen molar-refractivity contribution >= 4 is 22.9 Å². The SMILES string of the molecule is Clc1ccc(-c2nc(C[NH2+][C@H](c3ccccc3)c3ccco3)cs2)cc1. The van der Waals surface area contributed by atoms with Gasteiger partial charge in [-0.15, -0.1) is 11.3 Å². The summed E-state index contributed by atoms with van der Waals surface area (Å²) < 4.78 is 5.66. The predicted octanol–water partition coefficient (Wildman–Crippen LogP) is 4.91. The van der Waals surface area contributed by atoms with E-state index < -0.39 is 0 Å². The molecule has 130 valence electrons.